The molecule has 3 rings (SSSR count). The number of hydrogen-bond acceptors (Lipinski definition) is 4. The number of aliphatic imine (C=N–C) groups is 1. The van der Waals surface area contributed by atoms with E-state index in [4.69, 9.17) is 17.2 Å². The molecule has 0 radical (unpaired) electrons. The van der Waals surface area contributed by atoms with Crippen LogP contribution in [0.1, 0.15) is 51.0 Å². The smallest absolute Gasteiger partial charge is 0.169 e. The zero-order valence-electron chi connectivity index (χ0n) is 15.3. The van der Waals surface area contributed by atoms with E-state index in [2.05, 4.69) is 42.3 Å². The van der Waals surface area contributed by atoms with Crippen LogP contribution in [0.3, 0.4) is 0 Å². The highest BCUT2D eigenvalue weighted by molar-refractivity contribution is 8.23. The van der Waals surface area contributed by atoms with Crippen molar-refractivity contribution in [3.63, 3.8) is 0 Å². The summed E-state index contributed by atoms with van der Waals surface area (Å²) in [6, 6.07) is 8.69. The zero-order chi connectivity index (χ0) is 17.7. The quantitative estimate of drug-likeness (QED) is 0.563. The lowest BCUT2D eigenvalue weighted by molar-refractivity contribution is 0.194. The Hall–Kier alpha value is -0.520. The number of amidine groups is 1. The van der Waals surface area contributed by atoms with E-state index >= 15 is 0 Å². The molecule has 25 heavy (non-hydrogen) atoms. The molecule has 2 nitrogen and oxygen atoms in total. The second-order valence-corrected chi connectivity index (χ2v) is 9.60. The first-order chi connectivity index (χ1) is 12.2. The number of benzene rings is 1. The van der Waals surface area contributed by atoms with E-state index in [1.165, 1.54) is 49.8 Å². The first kappa shape index (κ1) is 19.2. The zero-order valence-corrected chi connectivity index (χ0v) is 17.7. The summed E-state index contributed by atoms with van der Waals surface area (Å²) in [4.78, 5) is 7.26. The molecular formula is C20H28N2S3. The molecule has 1 aliphatic heterocycles. The van der Waals surface area contributed by atoms with Gasteiger partial charge in [-0.05, 0) is 48.6 Å². The fraction of sp³-hybridized carbons (Fsp3) is 0.600. The molecule has 1 aromatic carbocycles. The lowest BCUT2D eigenvalue weighted by atomic mass is 9.75. The SMILES string of the molecule is CCCc1ccc(N=C2SCC3(CCCCC3)CN2C(=S)SC)cc1. The summed E-state index contributed by atoms with van der Waals surface area (Å²) in [7, 11) is 0. The van der Waals surface area contributed by atoms with Crippen LogP contribution in [0.25, 0.3) is 0 Å². The van der Waals surface area contributed by atoms with E-state index in [-0.39, 0.29) is 0 Å². The summed E-state index contributed by atoms with van der Waals surface area (Å²) in [5.74, 6) is 1.19. The Balaban J connectivity index is 1.80. The average Bonchev–Trinajstić information content (AvgIpc) is 2.65. The van der Waals surface area contributed by atoms with Gasteiger partial charge in [-0.25, -0.2) is 4.99 Å². The number of aryl methyl sites for hydroxylation is 1. The number of thioether (sulfide) groups is 2. The third kappa shape index (κ3) is 4.81. The van der Waals surface area contributed by atoms with Crippen molar-refractivity contribution in [1.29, 1.82) is 0 Å². The first-order valence-corrected chi connectivity index (χ1v) is 11.9. The minimum Gasteiger partial charge on any atom is -0.306 e. The van der Waals surface area contributed by atoms with Crippen molar-refractivity contribution in [2.24, 2.45) is 10.4 Å². The number of hydrogen-bond donors (Lipinski definition) is 0. The molecule has 1 saturated heterocycles. The molecule has 1 heterocycles. The third-order valence-corrected chi connectivity index (χ3v) is 7.86. The minimum absolute atomic E-state index is 0.437. The predicted molar refractivity (Wildman–Crippen MR) is 118 cm³/mol. The highest BCUT2D eigenvalue weighted by Crippen LogP contribution is 2.44. The number of nitrogens with zero attached hydrogens (tertiary/aromatic N) is 2. The third-order valence-electron chi connectivity index (χ3n) is 5.24. The normalized spacial score (nSPS) is 21.7. The molecule has 2 aliphatic rings. The molecule has 1 aromatic rings. The van der Waals surface area contributed by atoms with Crippen molar-refractivity contribution < 1.29 is 0 Å². The summed E-state index contributed by atoms with van der Waals surface area (Å²) < 4.78 is 0.957. The molecule has 0 atom stereocenters. The van der Waals surface area contributed by atoms with Gasteiger partial charge in [0.1, 0.15) is 4.32 Å². The van der Waals surface area contributed by atoms with Crippen molar-refractivity contribution in [1.82, 2.24) is 4.90 Å². The molecule has 0 amide bonds. The lowest BCUT2D eigenvalue weighted by Gasteiger charge is -2.45. The van der Waals surface area contributed by atoms with E-state index in [1.807, 2.05) is 11.8 Å². The maximum atomic E-state index is 5.67. The van der Waals surface area contributed by atoms with E-state index < -0.39 is 0 Å². The largest absolute Gasteiger partial charge is 0.306 e. The van der Waals surface area contributed by atoms with Gasteiger partial charge in [-0.1, -0.05) is 80.5 Å². The summed E-state index contributed by atoms with van der Waals surface area (Å²) in [6.07, 6.45) is 11.2. The van der Waals surface area contributed by atoms with Crippen LogP contribution in [0.2, 0.25) is 0 Å². The van der Waals surface area contributed by atoms with Crippen LogP contribution >= 0.6 is 35.7 Å². The highest BCUT2D eigenvalue weighted by atomic mass is 32.2. The van der Waals surface area contributed by atoms with Crippen LogP contribution in [-0.4, -0.2) is 32.9 Å². The van der Waals surface area contributed by atoms with E-state index in [1.54, 1.807) is 11.8 Å². The maximum absolute atomic E-state index is 5.67. The van der Waals surface area contributed by atoms with Gasteiger partial charge in [0.05, 0.1) is 5.69 Å². The van der Waals surface area contributed by atoms with Crippen molar-refractivity contribution in [3.8, 4) is 0 Å². The molecule has 136 valence electrons. The van der Waals surface area contributed by atoms with Crippen LogP contribution in [0, 0.1) is 5.41 Å². The molecule has 1 saturated carbocycles. The van der Waals surface area contributed by atoms with E-state index in [9.17, 15) is 0 Å². The molecule has 0 N–H and O–H groups in total. The highest BCUT2D eigenvalue weighted by Gasteiger charge is 2.40. The van der Waals surface area contributed by atoms with Crippen molar-refractivity contribution >= 4 is 50.9 Å². The summed E-state index contributed by atoms with van der Waals surface area (Å²) in [6.45, 7) is 3.27. The minimum atomic E-state index is 0.437. The van der Waals surface area contributed by atoms with E-state index in [0.29, 0.717) is 5.41 Å². The van der Waals surface area contributed by atoms with Gasteiger partial charge >= 0.3 is 0 Å². The van der Waals surface area contributed by atoms with Crippen molar-refractivity contribution in [2.45, 2.75) is 51.9 Å². The topological polar surface area (TPSA) is 15.6 Å². The Kier molecular flexibility index (Phi) is 6.86. The van der Waals surface area contributed by atoms with Gasteiger partial charge in [-0.2, -0.15) is 0 Å². The predicted octanol–water partition coefficient (Wildman–Crippen LogP) is 6.27. The van der Waals surface area contributed by atoms with E-state index in [0.717, 1.165) is 28.1 Å². The van der Waals surface area contributed by atoms with Gasteiger partial charge < -0.3 is 4.90 Å². The molecule has 0 bridgehead atoms. The van der Waals surface area contributed by atoms with Crippen LogP contribution in [0.5, 0.6) is 0 Å². The molecule has 1 aliphatic carbocycles. The Morgan fingerprint density at radius 2 is 1.96 bits per heavy atom. The van der Waals surface area contributed by atoms with Crippen molar-refractivity contribution in [3.05, 3.63) is 29.8 Å². The second-order valence-electron chi connectivity index (χ2n) is 7.22. The Bertz CT molecular complexity index is 618. The maximum Gasteiger partial charge on any atom is 0.169 e. The monoisotopic (exact) mass is 392 g/mol. The first-order valence-electron chi connectivity index (χ1n) is 9.32. The van der Waals surface area contributed by atoms with Gasteiger partial charge in [-0.3, -0.25) is 0 Å². The molecule has 0 aromatic heterocycles. The lowest BCUT2D eigenvalue weighted by Crippen LogP contribution is -2.48. The fourth-order valence-electron chi connectivity index (χ4n) is 3.83. The van der Waals surface area contributed by atoms with Crippen LogP contribution in [-0.2, 0) is 6.42 Å². The molecule has 5 heteroatoms. The molecule has 2 fully saturated rings. The van der Waals surface area contributed by atoms with Gasteiger partial charge in [0, 0.05) is 12.3 Å². The summed E-state index contributed by atoms with van der Waals surface area (Å²) in [5, 5.41) is 1.08. The number of thiocarbonyl (C=S) groups is 1. The van der Waals surface area contributed by atoms with Gasteiger partial charge in [0.15, 0.2) is 5.17 Å². The molecular weight excluding hydrogens is 364 g/mol. The van der Waals surface area contributed by atoms with Crippen molar-refractivity contribution in [2.75, 3.05) is 18.6 Å². The Morgan fingerprint density at radius 1 is 1.24 bits per heavy atom. The second kappa shape index (κ2) is 8.92. The summed E-state index contributed by atoms with van der Waals surface area (Å²) in [5.41, 5.74) is 2.86. The molecule has 0 unspecified atom stereocenters. The fourth-order valence-corrected chi connectivity index (χ4v) is 5.77. The Morgan fingerprint density at radius 3 is 2.60 bits per heavy atom. The average molecular weight is 393 g/mol. The van der Waals surface area contributed by atoms with Crippen LogP contribution < -0.4 is 0 Å². The Labute approximate surface area is 166 Å². The van der Waals surface area contributed by atoms with Crippen LogP contribution in [0.15, 0.2) is 29.3 Å². The number of rotatable bonds is 3. The van der Waals surface area contributed by atoms with Crippen LogP contribution in [0.4, 0.5) is 5.69 Å². The standard InChI is InChI=1S/C20H28N2S3/c1-3-7-16-8-10-17(11-9-16)21-18-22(19(23)24-2)14-20(15-25-18)12-5-4-6-13-20/h8-11H,3-7,12-15H2,1-2H3. The van der Waals surface area contributed by atoms with Gasteiger partial charge in [-0.15, -0.1) is 0 Å². The van der Waals surface area contributed by atoms with Gasteiger partial charge in [0.25, 0.3) is 0 Å². The summed E-state index contributed by atoms with van der Waals surface area (Å²) >= 11 is 9.24. The van der Waals surface area contributed by atoms with Gasteiger partial charge in [0.2, 0.25) is 0 Å². The molecule has 1 spiro atoms.